The minimum absolute atomic E-state index is 0.0653. The topological polar surface area (TPSA) is 182 Å². The maximum Gasteiger partial charge on any atom is 0.266 e. The van der Waals surface area contributed by atoms with Crippen LogP contribution >= 0.6 is 11.5 Å². The molecule has 36 heavy (non-hydrogen) atoms. The van der Waals surface area contributed by atoms with Crippen LogP contribution in [0.4, 0.5) is 5.82 Å². The van der Waals surface area contributed by atoms with Gasteiger partial charge in [-0.25, -0.2) is 19.3 Å². The van der Waals surface area contributed by atoms with Gasteiger partial charge in [0.2, 0.25) is 5.82 Å². The molecule has 4 atom stereocenters. The van der Waals surface area contributed by atoms with Gasteiger partial charge in [-0.3, -0.25) is 14.2 Å². The molecular formula is C22H24N8O5S. The highest BCUT2D eigenvalue weighted by molar-refractivity contribution is 7.08. The van der Waals surface area contributed by atoms with Gasteiger partial charge in [0.05, 0.1) is 12.9 Å². The van der Waals surface area contributed by atoms with Crippen LogP contribution < -0.4 is 11.1 Å². The number of likely N-dealkylation sites (N-methyl/N-ethyl adjacent to an activating group) is 1. The van der Waals surface area contributed by atoms with Crippen LogP contribution in [-0.4, -0.2) is 88.8 Å². The van der Waals surface area contributed by atoms with E-state index in [4.69, 9.17) is 10.5 Å². The number of nitrogen functional groups attached to an aromatic ring is 1. The molecule has 188 valence electrons. The third kappa shape index (κ3) is 4.26. The van der Waals surface area contributed by atoms with E-state index in [0.29, 0.717) is 4.88 Å². The second-order valence-corrected chi connectivity index (χ2v) is 9.33. The smallest absolute Gasteiger partial charge is 0.266 e. The van der Waals surface area contributed by atoms with Crippen LogP contribution in [0.1, 0.15) is 41.0 Å². The number of carbonyl (C=O) groups excluding carboxylic acids is 2. The number of aliphatic hydroxyl groups excluding tert-OH is 2. The molecule has 2 aliphatic rings. The Kier molecular flexibility index (Phi) is 6.54. The largest absolute Gasteiger partial charge is 0.387 e. The van der Waals surface area contributed by atoms with E-state index in [0.717, 1.165) is 30.8 Å². The predicted octanol–water partition coefficient (Wildman–Crippen LogP) is -0.723. The lowest BCUT2D eigenvalue weighted by molar-refractivity contribution is -0.137. The van der Waals surface area contributed by atoms with Crippen LogP contribution in [-0.2, 0) is 9.53 Å². The fraction of sp³-hybridized carbons (Fsp3) is 0.455. The quantitative estimate of drug-likeness (QED) is 0.318. The zero-order valence-electron chi connectivity index (χ0n) is 19.2. The molecule has 1 aliphatic carbocycles. The number of hydrogen-bond acceptors (Lipinski definition) is 11. The minimum atomic E-state index is -1.44. The van der Waals surface area contributed by atoms with Crippen LogP contribution in [0.3, 0.4) is 0 Å². The summed E-state index contributed by atoms with van der Waals surface area (Å²) in [6.45, 7) is 0.187. The van der Waals surface area contributed by atoms with Crippen molar-refractivity contribution >= 4 is 40.3 Å². The van der Waals surface area contributed by atoms with E-state index in [1.165, 1.54) is 17.9 Å². The summed E-state index contributed by atoms with van der Waals surface area (Å²) in [5, 5.41) is 23.2. The number of rotatable bonds is 5. The summed E-state index contributed by atoms with van der Waals surface area (Å²) in [4.78, 5) is 40.0. The molecule has 1 unspecified atom stereocenters. The zero-order valence-corrected chi connectivity index (χ0v) is 20.1. The average molecular weight is 513 g/mol. The van der Waals surface area contributed by atoms with Crippen LogP contribution in [0.25, 0.3) is 11.2 Å². The molecular weight excluding hydrogens is 488 g/mol. The summed E-state index contributed by atoms with van der Waals surface area (Å²) in [5.74, 6) is 5.31. The summed E-state index contributed by atoms with van der Waals surface area (Å²) >= 11 is 1.15. The van der Waals surface area contributed by atoms with Crippen molar-refractivity contribution in [2.24, 2.45) is 0 Å². The van der Waals surface area contributed by atoms with Gasteiger partial charge in [0.15, 0.2) is 23.8 Å². The van der Waals surface area contributed by atoms with Crippen LogP contribution in [0.5, 0.6) is 0 Å². The van der Waals surface area contributed by atoms with E-state index in [2.05, 4.69) is 36.5 Å². The fourth-order valence-corrected chi connectivity index (χ4v) is 4.72. The van der Waals surface area contributed by atoms with Crippen molar-refractivity contribution < 1.29 is 24.5 Å². The summed E-state index contributed by atoms with van der Waals surface area (Å²) in [6, 6.07) is 1.82. The molecule has 0 bridgehead atoms. The van der Waals surface area contributed by atoms with Crippen LogP contribution in [0.15, 0.2) is 18.6 Å². The molecule has 14 heteroatoms. The van der Waals surface area contributed by atoms with Gasteiger partial charge in [-0.1, -0.05) is 5.92 Å². The molecule has 4 heterocycles. The molecule has 3 aromatic heterocycles. The maximum atomic E-state index is 12.9. The molecule has 0 spiro atoms. The van der Waals surface area contributed by atoms with Crippen LogP contribution in [0.2, 0.25) is 0 Å². The van der Waals surface area contributed by atoms with E-state index in [9.17, 15) is 19.8 Å². The number of amides is 2. The van der Waals surface area contributed by atoms with Gasteiger partial charge in [0.1, 0.15) is 22.6 Å². The first-order chi connectivity index (χ1) is 17.4. The Balaban J connectivity index is 1.41. The Labute approximate surface area is 209 Å². The number of nitrogens with one attached hydrogen (secondary N) is 1. The highest BCUT2D eigenvalue weighted by Gasteiger charge is 2.47. The van der Waals surface area contributed by atoms with Gasteiger partial charge in [-0.15, -0.1) is 0 Å². The Morgan fingerprint density at radius 3 is 2.81 bits per heavy atom. The molecule has 5 rings (SSSR count). The lowest BCUT2D eigenvalue weighted by Crippen LogP contribution is -2.44. The van der Waals surface area contributed by atoms with Crippen LogP contribution in [0, 0.1) is 11.8 Å². The molecule has 2 amide bonds. The van der Waals surface area contributed by atoms with E-state index < -0.39 is 30.4 Å². The highest BCUT2D eigenvalue weighted by Crippen LogP contribution is 2.32. The van der Waals surface area contributed by atoms with Crippen molar-refractivity contribution in [3.8, 4) is 11.8 Å². The fourth-order valence-electron chi connectivity index (χ4n) is 4.17. The summed E-state index contributed by atoms with van der Waals surface area (Å²) in [7, 11) is 1.40. The molecule has 0 radical (unpaired) electrons. The lowest BCUT2D eigenvalue weighted by Gasteiger charge is -2.36. The number of hydrogen-bond donors (Lipinski definition) is 4. The van der Waals surface area contributed by atoms with Gasteiger partial charge in [-0.05, 0) is 42.8 Å². The number of aromatic nitrogens is 5. The van der Waals surface area contributed by atoms with Crippen molar-refractivity contribution in [2.75, 3.05) is 19.3 Å². The van der Waals surface area contributed by atoms with Crippen molar-refractivity contribution in [3.05, 3.63) is 29.3 Å². The van der Waals surface area contributed by atoms with E-state index in [1.54, 1.807) is 17.2 Å². The highest BCUT2D eigenvalue weighted by atomic mass is 32.1. The molecule has 1 aliphatic heterocycles. The maximum absolute atomic E-state index is 12.9. The Morgan fingerprint density at radius 1 is 1.33 bits per heavy atom. The van der Waals surface area contributed by atoms with Crippen molar-refractivity contribution in [2.45, 2.75) is 49.8 Å². The average Bonchev–Trinajstić information content (AvgIpc) is 3.57. The number of nitrogens with zero attached hydrogens (tertiary/aromatic N) is 6. The number of nitrogens with two attached hydrogens (primary N) is 1. The molecule has 13 nitrogen and oxygen atoms in total. The SMILES string of the molecule is CNC(=O)[C@H]1O[C@@H](n2cnc3c(N)nc(C#CCN(C(=O)c4ccns4)C4CCC4)nc32)C(O)[C@@H]1O. The number of carbonyl (C=O) groups is 2. The number of aliphatic hydroxyl groups is 2. The third-order valence-corrected chi connectivity index (χ3v) is 7.07. The summed E-state index contributed by atoms with van der Waals surface area (Å²) in [6.07, 6.45) is 0.595. The monoisotopic (exact) mass is 512 g/mol. The third-order valence-electron chi connectivity index (χ3n) is 6.34. The van der Waals surface area contributed by atoms with Crippen molar-refractivity contribution in [3.63, 3.8) is 0 Å². The molecule has 0 aromatic carbocycles. The second kappa shape index (κ2) is 9.78. The Hall–Kier alpha value is -3.64. The zero-order chi connectivity index (χ0) is 25.4. The van der Waals surface area contributed by atoms with Crippen molar-refractivity contribution in [1.82, 2.24) is 34.1 Å². The first-order valence-electron chi connectivity index (χ1n) is 11.3. The minimum Gasteiger partial charge on any atom is -0.387 e. The predicted molar refractivity (Wildman–Crippen MR) is 127 cm³/mol. The molecule has 1 saturated carbocycles. The summed E-state index contributed by atoms with van der Waals surface area (Å²) < 4.78 is 11.0. The molecule has 3 aromatic rings. The van der Waals surface area contributed by atoms with E-state index in [1.807, 2.05) is 0 Å². The van der Waals surface area contributed by atoms with E-state index in [-0.39, 0.29) is 41.3 Å². The van der Waals surface area contributed by atoms with Gasteiger partial charge in [-0.2, -0.15) is 0 Å². The Bertz CT molecular complexity index is 1350. The number of ether oxygens (including phenoxy) is 1. The molecule has 1 saturated heterocycles. The molecule has 2 fully saturated rings. The summed E-state index contributed by atoms with van der Waals surface area (Å²) in [5.41, 5.74) is 6.54. The second-order valence-electron chi connectivity index (χ2n) is 8.50. The first-order valence-corrected chi connectivity index (χ1v) is 12.1. The van der Waals surface area contributed by atoms with Gasteiger partial charge < -0.3 is 30.9 Å². The lowest BCUT2D eigenvalue weighted by atomic mass is 9.91. The number of fused-ring (bicyclic) bond motifs is 1. The normalized spacial score (nSPS) is 23.6. The van der Waals surface area contributed by atoms with Gasteiger partial charge in [0.25, 0.3) is 11.8 Å². The standard InChI is InChI=1S/C22H24N8O5S/c1-24-20(33)17-15(31)16(32)22(35-17)30-10-25-14-18(23)27-13(28-19(14)30)6-3-9-29(11-4-2-5-11)21(34)12-7-8-26-36-12/h7-8,10-11,15-17,22,31-32H,2,4-5,9H2,1H3,(H,24,33)(H2,23,27,28)/t15-,16?,17-,22+/m0/s1. The number of anilines is 1. The molecule has 5 N–H and O–H groups in total. The first kappa shape index (κ1) is 24.1. The van der Waals surface area contributed by atoms with Crippen molar-refractivity contribution in [1.29, 1.82) is 0 Å². The number of imidazole rings is 1. The van der Waals surface area contributed by atoms with Gasteiger partial charge in [0, 0.05) is 19.3 Å². The Morgan fingerprint density at radius 2 is 2.14 bits per heavy atom. The van der Waals surface area contributed by atoms with Gasteiger partial charge >= 0.3 is 0 Å². The van der Waals surface area contributed by atoms with E-state index >= 15 is 0 Å².